The lowest BCUT2D eigenvalue weighted by atomic mass is 9.98. The first-order chi connectivity index (χ1) is 21.8. The van der Waals surface area contributed by atoms with Crippen LogP contribution in [0.2, 0.25) is 0 Å². The van der Waals surface area contributed by atoms with Gasteiger partial charge in [-0.15, -0.1) is 0 Å². The van der Waals surface area contributed by atoms with Gasteiger partial charge >= 0.3 is 25.3 Å². The summed E-state index contributed by atoms with van der Waals surface area (Å²) >= 11 is 0. The molecule has 0 bridgehead atoms. The number of rotatable bonds is 12. The lowest BCUT2D eigenvalue weighted by Gasteiger charge is -2.37. The van der Waals surface area contributed by atoms with Crippen LogP contribution in [0.5, 0.6) is 0 Å². The Bertz CT molecular complexity index is 1360. The molecule has 7 atom stereocenters. The van der Waals surface area contributed by atoms with E-state index in [2.05, 4.69) is 15.0 Å². The van der Waals surface area contributed by atoms with E-state index in [9.17, 15) is 29.6 Å². The normalized spacial score (nSPS) is 28.5. The number of esters is 2. The molecule has 2 saturated carbocycles. The van der Waals surface area contributed by atoms with Crippen molar-refractivity contribution in [2.45, 2.75) is 127 Å². The summed E-state index contributed by atoms with van der Waals surface area (Å²) in [5, 5.41) is 14.2. The zero-order valence-electron chi connectivity index (χ0n) is 25.9. The maximum absolute atomic E-state index is 15.4. The molecule has 1 saturated heterocycles. The molecule has 0 radical (unpaired) electrons. The number of hydrogen-bond donors (Lipinski definition) is 3. The molecule has 5 N–H and O–H groups in total. The summed E-state index contributed by atoms with van der Waals surface area (Å²) in [6, 6.07) is -1.60. The van der Waals surface area contributed by atoms with Crippen LogP contribution in [0.15, 0.2) is 22.2 Å². The van der Waals surface area contributed by atoms with Gasteiger partial charge in [-0.1, -0.05) is 18.0 Å². The maximum Gasteiger partial charge on any atom is 0.351 e. The lowest BCUT2D eigenvalue weighted by Crippen LogP contribution is -2.51. The average Bonchev–Trinajstić information content (AvgIpc) is 3.26. The Morgan fingerprint density at radius 2 is 1.70 bits per heavy atom. The average molecular weight is 673 g/mol. The first-order valence-electron chi connectivity index (χ1n) is 15.4. The van der Waals surface area contributed by atoms with Crippen molar-refractivity contribution in [3.05, 3.63) is 33.2 Å². The number of nitrogens with zero attached hydrogens (tertiary/aromatic N) is 6. The summed E-state index contributed by atoms with van der Waals surface area (Å²) in [6.07, 6.45) is 1.98. The molecule has 4 rings (SSSR count). The van der Waals surface area contributed by atoms with Crippen LogP contribution >= 0.6 is 7.67 Å². The first-order valence-corrected chi connectivity index (χ1v) is 17.1. The van der Waals surface area contributed by atoms with E-state index in [0.717, 1.165) is 49.4 Å². The van der Waals surface area contributed by atoms with Crippen LogP contribution in [0.4, 0.5) is 10.2 Å². The zero-order chi connectivity index (χ0) is 33.6. The predicted octanol–water partition coefficient (Wildman–Crippen LogP) is 2.97. The summed E-state index contributed by atoms with van der Waals surface area (Å²) in [5.74, 6) is -1.77. The third-order valence-corrected chi connectivity index (χ3v) is 10.5. The van der Waals surface area contributed by atoms with Gasteiger partial charge in [0, 0.05) is 11.1 Å². The fourth-order valence-electron chi connectivity index (χ4n) is 6.06. The monoisotopic (exact) mass is 672 g/mol. The third-order valence-electron chi connectivity index (χ3n) is 8.62. The third kappa shape index (κ3) is 8.05. The van der Waals surface area contributed by atoms with E-state index < -0.39 is 68.2 Å². The molecule has 46 heavy (non-hydrogen) atoms. The molecule has 2 heterocycles. The number of carbonyl (C=O) groups is 2. The molecule has 19 heteroatoms. The number of anilines is 1. The van der Waals surface area contributed by atoms with Crippen molar-refractivity contribution in [3.63, 3.8) is 0 Å². The smallest absolute Gasteiger partial charge is 0.351 e. The molecule has 17 nitrogen and oxygen atoms in total. The minimum Gasteiger partial charge on any atom is -0.461 e. The van der Waals surface area contributed by atoms with Crippen LogP contribution in [0, 0.1) is 0 Å². The number of halogens is 1. The molecule has 1 aromatic rings. The van der Waals surface area contributed by atoms with Gasteiger partial charge in [0.05, 0.1) is 6.61 Å². The van der Waals surface area contributed by atoms with Gasteiger partial charge in [-0.05, 0) is 76.8 Å². The van der Waals surface area contributed by atoms with Gasteiger partial charge in [0.1, 0.15) is 36.2 Å². The summed E-state index contributed by atoms with van der Waals surface area (Å²) in [6.45, 7) is 1.58. The quantitative estimate of drug-likeness (QED) is 0.0951. The summed E-state index contributed by atoms with van der Waals surface area (Å²) in [4.78, 5) is 45.1. The van der Waals surface area contributed by atoms with E-state index in [1.807, 2.05) is 0 Å². The summed E-state index contributed by atoms with van der Waals surface area (Å²) in [5.41, 5.74) is 17.4. The van der Waals surface area contributed by atoms with E-state index in [1.165, 1.54) is 19.9 Å². The number of carbonyl (C=O) groups excluding carboxylic acids is 2. The molecule has 3 fully saturated rings. The minimum atomic E-state index is -4.76. The Kier molecular flexibility index (Phi) is 11.8. The number of nitrogen functional groups attached to an aromatic ring is 1. The number of aliphatic hydroxyl groups is 1. The van der Waals surface area contributed by atoms with Crippen LogP contribution in [-0.4, -0.2) is 80.2 Å². The Morgan fingerprint density at radius 1 is 1.17 bits per heavy atom. The van der Waals surface area contributed by atoms with Crippen LogP contribution in [0.25, 0.3) is 10.4 Å². The van der Waals surface area contributed by atoms with Gasteiger partial charge in [0.15, 0.2) is 12.4 Å². The van der Waals surface area contributed by atoms with Crippen molar-refractivity contribution in [1.82, 2.24) is 14.2 Å². The Balaban J connectivity index is 1.59. The second-order valence-corrected chi connectivity index (χ2v) is 13.8. The van der Waals surface area contributed by atoms with Gasteiger partial charge in [0.2, 0.25) is 5.72 Å². The van der Waals surface area contributed by atoms with Crippen LogP contribution in [-0.2, 0) is 32.9 Å². The number of nitrogens with two attached hydrogens (primary N) is 2. The highest BCUT2D eigenvalue weighted by Crippen LogP contribution is 2.49. The Morgan fingerprint density at radius 3 is 2.17 bits per heavy atom. The van der Waals surface area contributed by atoms with Gasteiger partial charge in [0.25, 0.3) is 0 Å². The van der Waals surface area contributed by atoms with E-state index >= 15 is 4.39 Å². The number of aromatic nitrogens is 2. The molecule has 2 aliphatic carbocycles. The minimum absolute atomic E-state index is 0.156. The Hall–Kier alpha value is -3.11. The number of aliphatic hydroxyl groups excluding tert-OH is 1. The number of alkyl halides is 1. The van der Waals surface area contributed by atoms with Crippen LogP contribution < -0.4 is 16.9 Å². The van der Waals surface area contributed by atoms with E-state index in [0.29, 0.717) is 30.3 Å². The molecular weight excluding hydrogens is 630 g/mol. The fourth-order valence-corrected chi connectivity index (χ4v) is 7.72. The van der Waals surface area contributed by atoms with Crippen molar-refractivity contribution in [3.8, 4) is 0 Å². The highest BCUT2D eigenvalue weighted by molar-refractivity contribution is 7.54. The molecule has 256 valence electrons. The lowest BCUT2D eigenvalue weighted by molar-refractivity contribution is -0.160. The van der Waals surface area contributed by atoms with Gasteiger partial charge in [-0.3, -0.25) is 18.7 Å². The topological polar surface area (TPSA) is 247 Å². The zero-order valence-corrected chi connectivity index (χ0v) is 26.7. The molecular formula is C27H42FN8O9P. The first kappa shape index (κ1) is 35.7. The van der Waals surface area contributed by atoms with Crippen molar-refractivity contribution in [2.75, 3.05) is 12.3 Å². The summed E-state index contributed by atoms with van der Waals surface area (Å²) < 4.78 is 53.4. The molecule has 0 spiro atoms. The fraction of sp³-hybridized carbons (Fsp3) is 0.778. The SMILES string of the molecule is C[C@@H](C(=O)OC1CCCCC1)N([C@@H](C)C(=O)OC1CCCCC1)P(N)(=O)OC[C@@]1(N=[N+]=[N-])O[C@@H](n2ccc(N)nc2=O)[C@H](F)[C@@H]1O. The highest BCUT2D eigenvalue weighted by atomic mass is 31.2. The Labute approximate surface area is 264 Å². The largest absolute Gasteiger partial charge is 0.461 e. The maximum atomic E-state index is 15.4. The van der Waals surface area contributed by atoms with Crippen molar-refractivity contribution >= 4 is 25.4 Å². The molecule has 1 aromatic heterocycles. The van der Waals surface area contributed by atoms with Gasteiger partial charge < -0.3 is 29.6 Å². The number of hydrogen-bond acceptors (Lipinski definition) is 12. The second kappa shape index (κ2) is 15.2. The van der Waals surface area contributed by atoms with E-state index in [-0.39, 0.29) is 18.0 Å². The second-order valence-electron chi connectivity index (χ2n) is 11.9. The highest BCUT2D eigenvalue weighted by Gasteiger charge is 2.58. The van der Waals surface area contributed by atoms with Gasteiger partial charge in [-0.25, -0.2) is 14.7 Å². The van der Waals surface area contributed by atoms with Crippen LogP contribution in [0.3, 0.4) is 0 Å². The van der Waals surface area contributed by atoms with Crippen molar-refractivity contribution < 1.29 is 42.4 Å². The van der Waals surface area contributed by atoms with E-state index in [1.54, 1.807) is 0 Å². The van der Waals surface area contributed by atoms with E-state index in [4.69, 9.17) is 30.0 Å². The van der Waals surface area contributed by atoms with Gasteiger partial charge in [-0.2, -0.15) is 9.65 Å². The molecule has 0 aromatic carbocycles. The number of ether oxygens (including phenoxy) is 3. The predicted molar refractivity (Wildman–Crippen MR) is 160 cm³/mol. The molecule has 0 amide bonds. The van der Waals surface area contributed by atoms with Crippen molar-refractivity contribution in [1.29, 1.82) is 0 Å². The standard InChI is InChI=1S/C27H42FN8O9P/c1-16(24(38)43-18-9-5-3-6-10-18)36(17(2)25(39)44-19-11-7-4-8-12-19)46(31,41)42-15-27(33-34-30)22(37)21(28)23(45-27)35-14-13-20(29)32-26(35)40/h13-14,16-19,21-23,37H,3-12,15H2,1-2H3,(H2,31,41)(H2,29,32,40)/t16-,17-,21+,22-,23+,27+,46?/m0/s1. The number of azide groups is 1. The van der Waals surface area contributed by atoms with Crippen LogP contribution in [0.1, 0.15) is 84.3 Å². The summed E-state index contributed by atoms with van der Waals surface area (Å²) in [7, 11) is -4.76. The molecule has 1 unspecified atom stereocenters. The molecule has 3 aliphatic rings. The molecule has 1 aliphatic heterocycles. The van der Waals surface area contributed by atoms with Crippen molar-refractivity contribution in [2.24, 2.45) is 10.6 Å².